The fourth-order valence-electron chi connectivity index (χ4n) is 2.48. The monoisotopic (exact) mass is 294 g/mol. The molecule has 0 aromatic heterocycles. The Bertz CT molecular complexity index is 482. The molecule has 0 saturated carbocycles. The molecule has 1 amide bonds. The minimum Gasteiger partial charge on any atom is -0.379 e. The molecule has 1 aliphatic heterocycles. The van der Waals surface area contributed by atoms with Gasteiger partial charge in [-0.15, -0.1) is 0 Å². The zero-order valence-corrected chi connectivity index (χ0v) is 12.9. The number of ether oxygens (including phenoxy) is 1. The van der Waals surface area contributed by atoms with Gasteiger partial charge in [-0.25, -0.2) is 4.39 Å². The predicted octanol–water partition coefficient (Wildman–Crippen LogP) is 1.90. The number of morpholine rings is 1. The van der Waals surface area contributed by atoms with E-state index in [4.69, 9.17) is 4.74 Å². The van der Waals surface area contributed by atoms with Gasteiger partial charge in [-0.1, -0.05) is 12.1 Å². The van der Waals surface area contributed by atoms with Crippen molar-refractivity contribution in [1.82, 2.24) is 10.2 Å². The predicted molar refractivity (Wildman–Crippen MR) is 79.4 cm³/mol. The summed E-state index contributed by atoms with van der Waals surface area (Å²) in [7, 11) is 0. The third kappa shape index (κ3) is 4.02. The summed E-state index contributed by atoms with van der Waals surface area (Å²) in [5, 5.41) is 3.05. The van der Waals surface area contributed by atoms with Crippen LogP contribution in [0.5, 0.6) is 0 Å². The molecule has 1 aromatic carbocycles. The Morgan fingerprint density at radius 3 is 2.43 bits per heavy atom. The maximum absolute atomic E-state index is 13.0. The Morgan fingerprint density at radius 2 is 1.86 bits per heavy atom. The SMILES string of the molecule is CC(C(=O)NC(C)(C)c1ccc(F)cc1)N1CCOCC1. The molecule has 1 aromatic rings. The fraction of sp³-hybridized carbons (Fsp3) is 0.562. The van der Waals surface area contributed by atoms with Gasteiger partial charge in [0.05, 0.1) is 24.8 Å². The van der Waals surface area contributed by atoms with Crippen molar-refractivity contribution in [1.29, 1.82) is 0 Å². The van der Waals surface area contributed by atoms with E-state index < -0.39 is 5.54 Å². The summed E-state index contributed by atoms with van der Waals surface area (Å²) in [6.45, 7) is 8.62. The number of halogens is 1. The molecule has 116 valence electrons. The highest BCUT2D eigenvalue weighted by Crippen LogP contribution is 2.20. The van der Waals surface area contributed by atoms with Crippen molar-refractivity contribution >= 4 is 5.91 Å². The molecule has 0 aliphatic carbocycles. The average Bonchev–Trinajstić information content (AvgIpc) is 2.47. The van der Waals surface area contributed by atoms with Crippen molar-refractivity contribution in [3.8, 4) is 0 Å². The molecular weight excluding hydrogens is 271 g/mol. The number of nitrogens with zero attached hydrogens (tertiary/aromatic N) is 1. The van der Waals surface area contributed by atoms with E-state index in [0.29, 0.717) is 13.2 Å². The lowest BCUT2D eigenvalue weighted by molar-refractivity contribution is -0.129. The topological polar surface area (TPSA) is 41.6 Å². The second-order valence-corrected chi connectivity index (χ2v) is 5.95. The molecule has 1 unspecified atom stereocenters. The highest BCUT2D eigenvalue weighted by molar-refractivity contribution is 5.82. The van der Waals surface area contributed by atoms with Crippen molar-refractivity contribution in [2.75, 3.05) is 26.3 Å². The van der Waals surface area contributed by atoms with Gasteiger partial charge in [-0.3, -0.25) is 9.69 Å². The van der Waals surface area contributed by atoms with Gasteiger partial charge in [0.2, 0.25) is 5.91 Å². The Balaban J connectivity index is 2.01. The van der Waals surface area contributed by atoms with Crippen molar-refractivity contribution in [2.45, 2.75) is 32.4 Å². The fourth-order valence-corrected chi connectivity index (χ4v) is 2.48. The molecular formula is C16H23FN2O2. The molecule has 1 aliphatic rings. The summed E-state index contributed by atoms with van der Waals surface area (Å²) < 4.78 is 18.3. The third-order valence-electron chi connectivity index (χ3n) is 3.97. The number of carbonyl (C=O) groups is 1. The Morgan fingerprint density at radius 1 is 1.29 bits per heavy atom. The molecule has 1 N–H and O–H groups in total. The third-order valence-corrected chi connectivity index (χ3v) is 3.97. The summed E-state index contributed by atoms with van der Waals surface area (Å²) in [6.07, 6.45) is 0. The van der Waals surface area contributed by atoms with Crippen LogP contribution in [0.3, 0.4) is 0 Å². The zero-order chi connectivity index (χ0) is 15.5. The van der Waals surface area contributed by atoms with Crippen LogP contribution in [0.2, 0.25) is 0 Å². The van der Waals surface area contributed by atoms with Crippen molar-refractivity contribution in [2.24, 2.45) is 0 Å². The molecule has 21 heavy (non-hydrogen) atoms. The first-order valence-corrected chi connectivity index (χ1v) is 7.30. The van der Waals surface area contributed by atoms with Gasteiger partial charge >= 0.3 is 0 Å². The van der Waals surface area contributed by atoms with E-state index in [1.165, 1.54) is 12.1 Å². The first kappa shape index (κ1) is 15.9. The average molecular weight is 294 g/mol. The molecule has 1 saturated heterocycles. The summed E-state index contributed by atoms with van der Waals surface area (Å²) in [4.78, 5) is 14.5. The van der Waals surface area contributed by atoms with Crippen LogP contribution in [0.25, 0.3) is 0 Å². The summed E-state index contributed by atoms with van der Waals surface area (Å²) in [6, 6.07) is 6.03. The van der Waals surface area contributed by atoms with Crippen LogP contribution >= 0.6 is 0 Å². The lowest BCUT2D eigenvalue weighted by Crippen LogP contribution is -2.53. The van der Waals surface area contributed by atoms with Crippen LogP contribution in [0, 0.1) is 5.82 Å². The Kier molecular flexibility index (Phi) is 4.96. The van der Waals surface area contributed by atoms with Crippen LogP contribution in [-0.2, 0) is 15.1 Å². The second-order valence-electron chi connectivity index (χ2n) is 5.95. The molecule has 1 atom stereocenters. The van der Waals surface area contributed by atoms with Gasteiger partial charge < -0.3 is 10.1 Å². The van der Waals surface area contributed by atoms with E-state index in [2.05, 4.69) is 10.2 Å². The first-order chi connectivity index (χ1) is 9.90. The summed E-state index contributed by atoms with van der Waals surface area (Å²) >= 11 is 0. The smallest absolute Gasteiger partial charge is 0.237 e. The molecule has 2 rings (SSSR count). The lowest BCUT2D eigenvalue weighted by atomic mass is 9.94. The van der Waals surface area contributed by atoms with Gasteiger partial charge in [0.15, 0.2) is 0 Å². The van der Waals surface area contributed by atoms with E-state index in [1.807, 2.05) is 20.8 Å². The number of hydrogen-bond acceptors (Lipinski definition) is 3. The number of rotatable bonds is 4. The van der Waals surface area contributed by atoms with Gasteiger partial charge in [0.25, 0.3) is 0 Å². The standard InChI is InChI=1S/C16H23FN2O2/c1-12(19-8-10-21-11-9-19)15(20)18-16(2,3)13-4-6-14(17)7-5-13/h4-7,12H,8-11H2,1-3H3,(H,18,20). The quantitative estimate of drug-likeness (QED) is 0.922. The first-order valence-electron chi connectivity index (χ1n) is 7.30. The van der Waals surface area contributed by atoms with Gasteiger partial charge in [-0.2, -0.15) is 0 Å². The van der Waals surface area contributed by atoms with Crippen LogP contribution in [0.1, 0.15) is 26.3 Å². The van der Waals surface area contributed by atoms with Crippen LogP contribution in [0.15, 0.2) is 24.3 Å². The van der Waals surface area contributed by atoms with Crippen molar-refractivity contribution in [3.05, 3.63) is 35.6 Å². The van der Waals surface area contributed by atoms with Gasteiger partial charge in [-0.05, 0) is 38.5 Å². The molecule has 0 spiro atoms. The highest BCUT2D eigenvalue weighted by atomic mass is 19.1. The van der Waals surface area contributed by atoms with Gasteiger partial charge in [0, 0.05) is 13.1 Å². The Labute approximate surface area is 125 Å². The molecule has 5 heteroatoms. The van der Waals surface area contributed by atoms with Crippen LogP contribution in [-0.4, -0.2) is 43.2 Å². The van der Waals surface area contributed by atoms with E-state index in [9.17, 15) is 9.18 Å². The number of carbonyl (C=O) groups excluding carboxylic acids is 1. The number of benzene rings is 1. The maximum atomic E-state index is 13.0. The minimum atomic E-state index is -0.536. The Hall–Kier alpha value is -1.46. The molecule has 1 heterocycles. The normalized spacial score (nSPS) is 18.3. The number of nitrogens with one attached hydrogen (secondary N) is 1. The number of amides is 1. The van der Waals surface area contributed by atoms with Crippen LogP contribution in [0.4, 0.5) is 4.39 Å². The lowest BCUT2D eigenvalue weighted by Gasteiger charge is -2.34. The van der Waals surface area contributed by atoms with E-state index in [0.717, 1.165) is 18.7 Å². The molecule has 0 bridgehead atoms. The minimum absolute atomic E-state index is 0.0220. The van der Waals surface area contributed by atoms with E-state index in [-0.39, 0.29) is 17.8 Å². The highest BCUT2D eigenvalue weighted by Gasteiger charge is 2.29. The number of hydrogen-bond donors (Lipinski definition) is 1. The maximum Gasteiger partial charge on any atom is 0.237 e. The van der Waals surface area contributed by atoms with E-state index in [1.54, 1.807) is 12.1 Å². The largest absolute Gasteiger partial charge is 0.379 e. The molecule has 0 radical (unpaired) electrons. The summed E-state index contributed by atoms with van der Waals surface area (Å²) in [5.41, 5.74) is 0.345. The van der Waals surface area contributed by atoms with Crippen molar-refractivity contribution in [3.63, 3.8) is 0 Å². The van der Waals surface area contributed by atoms with Gasteiger partial charge in [0.1, 0.15) is 5.82 Å². The summed E-state index contributed by atoms with van der Waals surface area (Å²) in [5.74, 6) is -0.297. The van der Waals surface area contributed by atoms with Crippen LogP contribution < -0.4 is 5.32 Å². The molecule has 1 fully saturated rings. The van der Waals surface area contributed by atoms with E-state index >= 15 is 0 Å². The molecule has 4 nitrogen and oxygen atoms in total. The zero-order valence-electron chi connectivity index (χ0n) is 12.9. The second kappa shape index (κ2) is 6.54. The van der Waals surface area contributed by atoms with Crippen molar-refractivity contribution < 1.29 is 13.9 Å².